The van der Waals surface area contributed by atoms with Gasteiger partial charge in [-0.2, -0.15) is 0 Å². The smallest absolute Gasteiger partial charge is 0.244 e. The number of amides is 1. The lowest BCUT2D eigenvalue weighted by Crippen LogP contribution is -2.43. The predicted octanol–water partition coefficient (Wildman–Crippen LogP) is 4.70. The molecule has 0 spiro atoms. The molecule has 0 radical (unpaired) electrons. The third-order valence-corrected chi connectivity index (χ3v) is 6.11. The highest BCUT2D eigenvalue weighted by molar-refractivity contribution is 7.18. The number of hydrogen-bond acceptors (Lipinski definition) is 4. The molecule has 0 saturated carbocycles. The molecule has 0 bridgehead atoms. The Kier molecular flexibility index (Phi) is 5.39. The number of anilines is 1. The first kappa shape index (κ1) is 18.0. The van der Waals surface area contributed by atoms with Crippen LogP contribution in [0.2, 0.25) is 0 Å². The van der Waals surface area contributed by atoms with E-state index in [1.165, 1.54) is 16.7 Å². The first-order valence-electron chi connectivity index (χ1n) is 9.68. The molecule has 1 aromatic heterocycles. The van der Waals surface area contributed by atoms with Gasteiger partial charge in [0.1, 0.15) is 6.04 Å². The Balaban J connectivity index is 1.37. The number of carbonyl (C=O) groups is 1. The molecule has 1 aliphatic rings. The second-order valence-corrected chi connectivity index (χ2v) is 8.32. The number of hydrogen-bond donors (Lipinski definition) is 1. The van der Waals surface area contributed by atoms with Crippen molar-refractivity contribution in [2.45, 2.75) is 38.6 Å². The number of thiazole rings is 1. The maximum absolute atomic E-state index is 12.6. The van der Waals surface area contributed by atoms with Crippen LogP contribution in [0.5, 0.6) is 0 Å². The summed E-state index contributed by atoms with van der Waals surface area (Å²) in [5, 5.41) is 4.48. The number of benzene rings is 2. The highest BCUT2D eigenvalue weighted by atomic mass is 32.1. The van der Waals surface area contributed by atoms with Gasteiger partial charge in [0.15, 0.2) is 0 Å². The van der Waals surface area contributed by atoms with E-state index < -0.39 is 0 Å². The first-order chi connectivity index (χ1) is 13.2. The predicted molar refractivity (Wildman–Crippen MR) is 112 cm³/mol. The third-order valence-electron chi connectivity index (χ3n) is 5.07. The van der Waals surface area contributed by atoms with Gasteiger partial charge in [-0.1, -0.05) is 24.3 Å². The second-order valence-electron chi connectivity index (χ2n) is 7.20. The fourth-order valence-electron chi connectivity index (χ4n) is 3.59. The van der Waals surface area contributed by atoms with Crippen LogP contribution in [0.15, 0.2) is 48.5 Å². The number of nitrogens with zero attached hydrogens (tertiary/aromatic N) is 2. The van der Waals surface area contributed by atoms with Gasteiger partial charge in [-0.05, 0) is 56.0 Å². The van der Waals surface area contributed by atoms with Crippen molar-refractivity contribution in [3.63, 3.8) is 0 Å². The Morgan fingerprint density at radius 3 is 2.59 bits per heavy atom. The van der Waals surface area contributed by atoms with E-state index in [9.17, 15) is 4.79 Å². The summed E-state index contributed by atoms with van der Waals surface area (Å²) in [5.74, 6) is 0.202. The van der Waals surface area contributed by atoms with E-state index in [2.05, 4.69) is 47.8 Å². The number of rotatable bonds is 5. The Morgan fingerprint density at radius 2 is 1.85 bits per heavy atom. The van der Waals surface area contributed by atoms with Crippen LogP contribution < -0.4 is 5.32 Å². The minimum atomic E-state index is -0.196. The molecule has 2 heterocycles. The molecular weight excluding hydrogens is 354 g/mol. The molecule has 2 aromatic carbocycles. The summed E-state index contributed by atoms with van der Waals surface area (Å²) < 4.78 is 1.23. The summed E-state index contributed by atoms with van der Waals surface area (Å²) >= 11 is 1.75. The molecule has 3 aromatic rings. The SMILES string of the molecule is C[C@H](Nc1ccc(Cc2nc3ccccc3s2)cc1)C(=O)N1CCCCC1. The van der Waals surface area contributed by atoms with E-state index in [0.29, 0.717) is 0 Å². The van der Waals surface area contributed by atoms with Crippen LogP contribution >= 0.6 is 11.3 Å². The van der Waals surface area contributed by atoms with Crippen molar-refractivity contribution in [3.8, 4) is 0 Å². The molecule has 1 N–H and O–H groups in total. The van der Waals surface area contributed by atoms with Gasteiger partial charge < -0.3 is 10.2 Å². The highest BCUT2D eigenvalue weighted by Gasteiger charge is 2.21. The molecule has 140 valence electrons. The van der Waals surface area contributed by atoms with Crippen molar-refractivity contribution in [2.75, 3.05) is 18.4 Å². The van der Waals surface area contributed by atoms with E-state index in [1.54, 1.807) is 11.3 Å². The van der Waals surface area contributed by atoms with Crippen LogP contribution in [0.3, 0.4) is 0 Å². The Labute approximate surface area is 164 Å². The van der Waals surface area contributed by atoms with Crippen molar-refractivity contribution in [1.29, 1.82) is 0 Å². The number of likely N-dealkylation sites (tertiary alicyclic amines) is 1. The maximum Gasteiger partial charge on any atom is 0.244 e. The van der Waals surface area contributed by atoms with E-state index in [4.69, 9.17) is 4.98 Å². The van der Waals surface area contributed by atoms with Gasteiger partial charge in [-0.15, -0.1) is 11.3 Å². The number of aromatic nitrogens is 1. The second kappa shape index (κ2) is 8.09. The van der Waals surface area contributed by atoms with E-state index in [1.807, 2.05) is 17.9 Å². The molecule has 0 unspecified atom stereocenters. The number of fused-ring (bicyclic) bond motifs is 1. The summed E-state index contributed by atoms with van der Waals surface area (Å²) in [4.78, 5) is 19.2. The number of para-hydroxylation sites is 1. The van der Waals surface area contributed by atoms with Crippen LogP contribution in [0, 0.1) is 0 Å². The average Bonchev–Trinajstić information content (AvgIpc) is 3.12. The lowest BCUT2D eigenvalue weighted by Gasteiger charge is -2.29. The topological polar surface area (TPSA) is 45.2 Å². The van der Waals surface area contributed by atoms with E-state index in [-0.39, 0.29) is 11.9 Å². The van der Waals surface area contributed by atoms with Gasteiger partial charge in [0.25, 0.3) is 0 Å². The van der Waals surface area contributed by atoms with Crippen LogP contribution in [0.25, 0.3) is 10.2 Å². The molecule has 4 nitrogen and oxygen atoms in total. The molecule has 1 fully saturated rings. The van der Waals surface area contributed by atoms with Gasteiger partial charge in [-0.25, -0.2) is 4.98 Å². The fraction of sp³-hybridized carbons (Fsp3) is 0.364. The third kappa shape index (κ3) is 4.30. The van der Waals surface area contributed by atoms with Crippen molar-refractivity contribution in [1.82, 2.24) is 9.88 Å². The Bertz CT molecular complexity index is 880. The van der Waals surface area contributed by atoms with Crippen LogP contribution in [0.4, 0.5) is 5.69 Å². The molecule has 5 heteroatoms. The minimum absolute atomic E-state index is 0.196. The molecule has 0 aliphatic carbocycles. The van der Waals surface area contributed by atoms with Gasteiger partial charge in [0.05, 0.1) is 15.2 Å². The van der Waals surface area contributed by atoms with Crippen molar-refractivity contribution < 1.29 is 4.79 Å². The summed E-state index contributed by atoms with van der Waals surface area (Å²) in [6.45, 7) is 3.74. The van der Waals surface area contributed by atoms with Gasteiger partial charge in [0, 0.05) is 25.2 Å². The molecule has 1 saturated heterocycles. The summed E-state index contributed by atoms with van der Waals surface area (Å²) in [6, 6.07) is 16.4. The largest absolute Gasteiger partial charge is 0.374 e. The minimum Gasteiger partial charge on any atom is -0.374 e. The molecule has 1 aliphatic heterocycles. The summed E-state index contributed by atoms with van der Waals surface area (Å²) in [5.41, 5.74) is 3.29. The number of nitrogens with one attached hydrogen (secondary N) is 1. The number of piperidine rings is 1. The van der Waals surface area contributed by atoms with E-state index >= 15 is 0 Å². The molecule has 1 amide bonds. The van der Waals surface area contributed by atoms with Crippen molar-refractivity contribution in [3.05, 3.63) is 59.1 Å². The molecular formula is C22H25N3OS. The zero-order valence-electron chi connectivity index (χ0n) is 15.6. The summed E-state index contributed by atoms with van der Waals surface area (Å²) in [6.07, 6.45) is 4.32. The van der Waals surface area contributed by atoms with Crippen molar-refractivity contribution in [2.24, 2.45) is 0 Å². The normalized spacial score (nSPS) is 15.7. The quantitative estimate of drug-likeness (QED) is 0.699. The molecule has 4 rings (SSSR count). The Morgan fingerprint density at radius 1 is 1.11 bits per heavy atom. The van der Waals surface area contributed by atoms with Crippen LogP contribution in [0.1, 0.15) is 36.8 Å². The standard InChI is InChI=1S/C22H25N3OS/c1-16(22(26)25-13-5-2-6-14-25)23-18-11-9-17(10-12-18)15-21-24-19-7-3-4-8-20(19)27-21/h3-4,7-12,16,23H,2,5-6,13-15H2,1H3/t16-/m0/s1. The van der Waals surface area contributed by atoms with Crippen LogP contribution in [-0.4, -0.2) is 34.9 Å². The Hall–Kier alpha value is -2.40. The van der Waals surface area contributed by atoms with Gasteiger partial charge in [0.2, 0.25) is 5.91 Å². The molecule has 1 atom stereocenters. The fourth-order valence-corrected chi connectivity index (χ4v) is 4.59. The highest BCUT2D eigenvalue weighted by Crippen LogP contribution is 2.24. The van der Waals surface area contributed by atoms with Gasteiger partial charge in [-0.3, -0.25) is 4.79 Å². The summed E-state index contributed by atoms with van der Waals surface area (Å²) in [7, 11) is 0. The lowest BCUT2D eigenvalue weighted by atomic mass is 10.1. The average molecular weight is 380 g/mol. The lowest BCUT2D eigenvalue weighted by molar-refractivity contribution is -0.132. The van der Waals surface area contributed by atoms with Crippen molar-refractivity contribution >= 4 is 33.1 Å². The first-order valence-corrected chi connectivity index (χ1v) is 10.5. The number of carbonyl (C=O) groups excluding carboxylic acids is 1. The zero-order chi connectivity index (χ0) is 18.6. The molecule has 27 heavy (non-hydrogen) atoms. The van der Waals surface area contributed by atoms with E-state index in [0.717, 1.165) is 48.6 Å². The zero-order valence-corrected chi connectivity index (χ0v) is 16.5. The maximum atomic E-state index is 12.6. The van der Waals surface area contributed by atoms with Crippen LogP contribution in [-0.2, 0) is 11.2 Å². The monoisotopic (exact) mass is 379 g/mol. The van der Waals surface area contributed by atoms with Gasteiger partial charge >= 0.3 is 0 Å².